The van der Waals surface area contributed by atoms with Gasteiger partial charge in [-0.3, -0.25) is 14.9 Å². The number of urea groups is 1. The lowest BCUT2D eigenvalue weighted by Gasteiger charge is -2.18. The Morgan fingerprint density at radius 2 is 1.95 bits per heavy atom. The average molecular weight is 378 g/mol. The highest BCUT2D eigenvalue weighted by molar-refractivity contribution is 9.10. The Kier molecular flexibility index (Phi) is 5.74. The van der Waals surface area contributed by atoms with Gasteiger partial charge < -0.3 is 10.4 Å². The Morgan fingerprint density at radius 1 is 1.33 bits per heavy atom. The van der Waals surface area contributed by atoms with Crippen LogP contribution in [0.1, 0.15) is 20.3 Å². The molecule has 3 N–H and O–H groups in total. The van der Waals surface area contributed by atoms with Crippen LogP contribution >= 0.6 is 27.5 Å². The van der Waals surface area contributed by atoms with Crippen molar-refractivity contribution in [3.63, 3.8) is 0 Å². The van der Waals surface area contributed by atoms with Crippen molar-refractivity contribution in [3.05, 3.63) is 27.7 Å². The second-order valence-electron chi connectivity index (χ2n) is 4.97. The molecule has 0 heterocycles. The summed E-state index contributed by atoms with van der Waals surface area (Å²) in [6.07, 6.45) is -0.313. The summed E-state index contributed by atoms with van der Waals surface area (Å²) in [4.78, 5) is 34.2. The molecule has 0 aliphatic rings. The normalized spacial score (nSPS) is 10.9. The van der Waals surface area contributed by atoms with E-state index in [0.717, 1.165) is 0 Å². The zero-order valence-electron chi connectivity index (χ0n) is 11.4. The molecule has 6 nitrogen and oxygen atoms in total. The van der Waals surface area contributed by atoms with Crippen LogP contribution in [0, 0.1) is 5.41 Å². The number of carbonyl (C=O) groups excluding carboxylic acids is 2. The Morgan fingerprint density at radius 3 is 2.52 bits per heavy atom. The number of carboxylic acids is 1. The standard InChI is InChI=1S/C13H14BrClN2O4/c1-13(2,11(19)20)6-9(18)17-12(21)16-8-5-3-4-7(15)10(8)14/h3-5H,6H2,1-2H3,(H,19,20)(H2,16,17,18,21). The number of carboxylic acid groups (broad SMARTS) is 1. The highest BCUT2D eigenvalue weighted by atomic mass is 79.9. The predicted octanol–water partition coefficient (Wildman–Crippen LogP) is 3.25. The van der Waals surface area contributed by atoms with Gasteiger partial charge in [-0.1, -0.05) is 17.7 Å². The lowest BCUT2D eigenvalue weighted by molar-refractivity contribution is -0.149. The van der Waals surface area contributed by atoms with Crippen LogP contribution in [-0.4, -0.2) is 23.0 Å². The predicted molar refractivity (Wildman–Crippen MR) is 82.3 cm³/mol. The van der Waals surface area contributed by atoms with Crippen LogP contribution in [0.5, 0.6) is 0 Å². The number of halogens is 2. The summed E-state index contributed by atoms with van der Waals surface area (Å²) in [7, 11) is 0. The monoisotopic (exact) mass is 376 g/mol. The molecule has 0 saturated carbocycles. The quantitative estimate of drug-likeness (QED) is 0.750. The van der Waals surface area contributed by atoms with E-state index in [1.54, 1.807) is 18.2 Å². The van der Waals surface area contributed by atoms with E-state index in [4.69, 9.17) is 16.7 Å². The van der Waals surface area contributed by atoms with E-state index in [2.05, 4.69) is 26.6 Å². The van der Waals surface area contributed by atoms with E-state index < -0.39 is 23.3 Å². The molecule has 0 bridgehead atoms. The van der Waals surface area contributed by atoms with Crippen LogP contribution < -0.4 is 10.6 Å². The SMILES string of the molecule is CC(C)(CC(=O)NC(=O)Nc1cccc(Cl)c1Br)C(=O)O. The van der Waals surface area contributed by atoms with Gasteiger partial charge in [-0.2, -0.15) is 0 Å². The molecule has 0 aliphatic carbocycles. The van der Waals surface area contributed by atoms with Gasteiger partial charge in [-0.05, 0) is 41.9 Å². The maximum Gasteiger partial charge on any atom is 0.325 e. The first-order valence-electron chi connectivity index (χ1n) is 5.92. The van der Waals surface area contributed by atoms with Crippen molar-refractivity contribution >= 4 is 51.1 Å². The Balaban J connectivity index is 2.64. The van der Waals surface area contributed by atoms with Gasteiger partial charge in [-0.15, -0.1) is 0 Å². The van der Waals surface area contributed by atoms with E-state index in [1.807, 2.05) is 0 Å². The van der Waals surface area contributed by atoms with Gasteiger partial charge in [-0.25, -0.2) is 4.79 Å². The number of benzene rings is 1. The molecule has 1 aromatic rings. The van der Waals surface area contributed by atoms with Gasteiger partial charge in [0.05, 0.1) is 20.6 Å². The largest absolute Gasteiger partial charge is 0.481 e. The van der Waals surface area contributed by atoms with Gasteiger partial charge in [0.1, 0.15) is 0 Å². The van der Waals surface area contributed by atoms with Crippen molar-refractivity contribution in [1.82, 2.24) is 5.32 Å². The molecule has 0 spiro atoms. The van der Waals surface area contributed by atoms with Crippen LogP contribution in [0.15, 0.2) is 22.7 Å². The maximum absolute atomic E-state index is 11.7. The minimum absolute atomic E-state index is 0.313. The number of hydrogen-bond donors (Lipinski definition) is 3. The van der Waals surface area contributed by atoms with Crippen LogP contribution in [0.2, 0.25) is 5.02 Å². The molecular formula is C13H14BrClN2O4. The lowest BCUT2D eigenvalue weighted by Crippen LogP contribution is -2.38. The van der Waals surface area contributed by atoms with Crippen molar-refractivity contribution in [3.8, 4) is 0 Å². The first kappa shape index (κ1) is 17.5. The van der Waals surface area contributed by atoms with E-state index in [1.165, 1.54) is 13.8 Å². The van der Waals surface area contributed by atoms with Crippen molar-refractivity contribution < 1.29 is 19.5 Å². The minimum Gasteiger partial charge on any atom is -0.481 e. The summed E-state index contributed by atoms with van der Waals surface area (Å²) >= 11 is 9.08. The smallest absolute Gasteiger partial charge is 0.325 e. The Labute approximate surface area is 135 Å². The molecule has 0 aromatic heterocycles. The topological polar surface area (TPSA) is 95.5 Å². The number of anilines is 1. The van der Waals surface area contributed by atoms with E-state index in [-0.39, 0.29) is 6.42 Å². The number of rotatable bonds is 4. The molecule has 0 fully saturated rings. The van der Waals surface area contributed by atoms with Gasteiger partial charge in [0.15, 0.2) is 0 Å². The fraction of sp³-hybridized carbons (Fsp3) is 0.308. The Bertz CT molecular complexity index is 590. The number of nitrogens with one attached hydrogen (secondary N) is 2. The maximum atomic E-state index is 11.7. The molecule has 8 heteroatoms. The molecule has 0 radical (unpaired) electrons. The summed E-state index contributed by atoms with van der Waals surface area (Å²) in [5, 5.41) is 13.9. The zero-order valence-corrected chi connectivity index (χ0v) is 13.7. The summed E-state index contributed by atoms with van der Waals surface area (Å²) < 4.78 is 0.486. The average Bonchev–Trinajstić information content (AvgIpc) is 2.33. The number of carbonyl (C=O) groups is 3. The second kappa shape index (κ2) is 6.91. The van der Waals surface area contributed by atoms with E-state index >= 15 is 0 Å². The zero-order chi connectivity index (χ0) is 16.2. The van der Waals surface area contributed by atoms with E-state index in [0.29, 0.717) is 15.2 Å². The number of aliphatic carboxylic acids is 1. The molecule has 0 aliphatic heterocycles. The molecule has 21 heavy (non-hydrogen) atoms. The van der Waals surface area contributed by atoms with E-state index in [9.17, 15) is 14.4 Å². The van der Waals surface area contributed by atoms with Gasteiger partial charge in [0, 0.05) is 6.42 Å². The molecule has 1 rings (SSSR count). The highest BCUT2D eigenvalue weighted by Gasteiger charge is 2.30. The summed E-state index contributed by atoms with van der Waals surface area (Å²) in [5.41, 5.74) is -0.855. The van der Waals surface area contributed by atoms with Crippen LogP contribution in [0.3, 0.4) is 0 Å². The molecule has 3 amide bonds. The Hall–Kier alpha value is -1.60. The molecule has 1 aromatic carbocycles. The third-order valence-corrected chi connectivity index (χ3v) is 4.03. The minimum atomic E-state index is -1.25. The summed E-state index contributed by atoms with van der Waals surface area (Å²) in [5.74, 6) is -1.80. The van der Waals surface area contributed by atoms with Crippen LogP contribution in [0.25, 0.3) is 0 Å². The third kappa shape index (κ3) is 5.02. The summed E-state index contributed by atoms with van der Waals surface area (Å²) in [6, 6.07) is 4.11. The first-order chi connectivity index (χ1) is 9.63. The van der Waals surface area contributed by atoms with Crippen LogP contribution in [-0.2, 0) is 9.59 Å². The number of amides is 3. The second-order valence-corrected chi connectivity index (χ2v) is 6.17. The highest BCUT2D eigenvalue weighted by Crippen LogP contribution is 2.29. The summed E-state index contributed by atoms with van der Waals surface area (Å²) in [6.45, 7) is 2.81. The molecule has 0 atom stereocenters. The van der Waals surface area contributed by atoms with Crippen molar-refractivity contribution in [2.45, 2.75) is 20.3 Å². The van der Waals surface area contributed by atoms with Gasteiger partial charge in [0.2, 0.25) is 5.91 Å². The fourth-order valence-electron chi connectivity index (χ4n) is 1.40. The van der Waals surface area contributed by atoms with Crippen molar-refractivity contribution in [2.75, 3.05) is 5.32 Å². The molecule has 0 saturated heterocycles. The van der Waals surface area contributed by atoms with Crippen molar-refractivity contribution in [2.24, 2.45) is 5.41 Å². The molecular weight excluding hydrogens is 364 g/mol. The number of hydrogen-bond acceptors (Lipinski definition) is 3. The fourth-order valence-corrected chi connectivity index (χ4v) is 1.94. The molecule has 0 unspecified atom stereocenters. The number of imide groups is 1. The molecule has 114 valence electrons. The third-order valence-electron chi connectivity index (χ3n) is 2.63. The van der Waals surface area contributed by atoms with Gasteiger partial charge in [0.25, 0.3) is 0 Å². The van der Waals surface area contributed by atoms with Crippen LogP contribution in [0.4, 0.5) is 10.5 Å². The van der Waals surface area contributed by atoms with Crippen molar-refractivity contribution in [1.29, 1.82) is 0 Å². The first-order valence-corrected chi connectivity index (χ1v) is 7.09. The lowest BCUT2D eigenvalue weighted by atomic mass is 9.89. The van der Waals surface area contributed by atoms with Gasteiger partial charge >= 0.3 is 12.0 Å².